The van der Waals surface area contributed by atoms with Gasteiger partial charge in [0.15, 0.2) is 0 Å². The highest BCUT2D eigenvalue weighted by molar-refractivity contribution is 5.91. The summed E-state index contributed by atoms with van der Waals surface area (Å²) in [7, 11) is 2.25. The van der Waals surface area contributed by atoms with Crippen LogP contribution in [0.25, 0.3) is 67.1 Å². The van der Waals surface area contributed by atoms with Gasteiger partial charge in [0.2, 0.25) is 0 Å². The predicted molar refractivity (Wildman–Crippen MR) is 264 cm³/mol. The zero-order valence-corrected chi connectivity index (χ0v) is 37.5. The molecule has 0 saturated carbocycles. The van der Waals surface area contributed by atoms with Crippen molar-refractivity contribution in [3.8, 4) is 45.0 Å². The van der Waals surface area contributed by atoms with Crippen molar-refractivity contribution in [2.24, 2.45) is 0 Å². The Labute approximate surface area is 372 Å². The van der Waals surface area contributed by atoms with E-state index in [4.69, 9.17) is 19.9 Å². The molecule has 9 aromatic rings. The van der Waals surface area contributed by atoms with E-state index >= 15 is 0 Å². The first-order valence-electron chi connectivity index (χ1n) is 22.4. The molecule has 312 valence electrons. The molecule has 2 heterocycles. The number of nitrogens with zero attached hydrogens (tertiary/aromatic N) is 5. The summed E-state index contributed by atoms with van der Waals surface area (Å²) in [5.41, 5.74) is 19.6. The highest BCUT2D eigenvalue weighted by Crippen LogP contribution is 2.44. The number of aromatic nitrogens is 4. The normalized spacial score (nSPS) is 12.5. The quantitative estimate of drug-likeness (QED) is 0.123. The maximum absolute atomic E-state index is 5.51. The molecule has 0 aliphatic rings. The molecule has 0 amide bonds. The second-order valence-corrected chi connectivity index (χ2v) is 17.2. The monoisotopic (exact) mass is 821 g/mol. The molecule has 0 aliphatic heterocycles. The standard InChI is InChI=1S/C58H55N5/c1-8-40-27-29-49-51(31-40)61-54(42-19-13-10-14-20-42)56(59-49)47-33-46(39(6)58(44-23-17-12-18-24-44)63(7)53-32-41(9-2)26-25-38(53)5)34-48(35-47)57-55(43-21-15-11-16-22-43)62-52-36-45(37(3)4)28-30-50(52)60-57/h10-37,39,58H,8-9H2,1-7H3. The van der Waals surface area contributed by atoms with Gasteiger partial charge in [0, 0.05) is 40.9 Å². The summed E-state index contributed by atoms with van der Waals surface area (Å²) >= 11 is 0. The average molecular weight is 822 g/mol. The number of likely N-dealkylation sites (N-methyl/N-ethyl adjacent to an activating group) is 1. The number of benzene rings is 7. The van der Waals surface area contributed by atoms with Crippen LogP contribution >= 0.6 is 0 Å². The third kappa shape index (κ3) is 8.36. The largest absolute Gasteiger partial charge is 0.367 e. The Bertz CT molecular complexity index is 3050. The maximum Gasteiger partial charge on any atom is 0.0973 e. The average Bonchev–Trinajstić information content (AvgIpc) is 3.33. The number of aryl methyl sites for hydroxylation is 3. The smallest absolute Gasteiger partial charge is 0.0973 e. The zero-order valence-electron chi connectivity index (χ0n) is 37.5. The Kier molecular flexibility index (Phi) is 11.7. The second-order valence-electron chi connectivity index (χ2n) is 17.2. The Morgan fingerprint density at radius 2 is 0.905 bits per heavy atom. The van der Waals surface area contributed by atoms with Crippen LogP contribution in [0.1, 0.15) is 85.9 Å². The molecule has 0 bridgehead atoms. The predicted octanol–water partition coefficient (Wildman–Crippen LogP) is 14.8. The number of rotatable bonds is 12. The van der Waals surface area contributed by atoms with E-state index in [1.807, 2.05) is 0 Å². The van der Waals surface area contributed by atoms with Crippen LogP contribution in [0.3, 0.4) is 0 Å². The fourth-order valence-electron chi connectivity index (χ4n) is 9.02. The minimum atomic E-state index is -0.00501. The third-order valence-electron chi connectivity index (χ3n) is 12.7. The van der Waals surface area contributed by atoms with Gasteiger partial charge in [0.05, 0.1) is 50.9 Å². The third-order valence-corrected chi connectivity index (χ3v) is 12.7. The van der Waals surface area contributed by atoms with Crippen LogP contribution in [0.4, 0.5) is 5.69 Å². The highest BCUT2D eigenvalue weighted by atomic mass is 15.1. The molecule has 0 fully saturated rings. The van der Waals surface area contributed by atoms with Crippen LogP contribution in [-0.4, -0.2) is 27.0 Å². The molecule has 2 aromatic heterocycles. The molecule has 5 nitrogen and oxygen atoms in total. The molecule has 9 rings (SSSR count). The summed E-state index contributed by atoms with van der Waals surface area (Å²) in [6.07, 6.45) is 1.90. The van der Waals surface area contributed by atoms with E-state index in [1.165, 1.54) is 39.1 Å². The Morgan fingerprint density at radius 1 is 0.429 bits per heavy atom. The SMILES string of the molecule is CCc1ccc(C)c(N(C)C(c2ccccc2)C(C)c2cc(-c3nc4ccc(CC)cc4nc3-c3ccccc3)cc(-c3nc4ccc(C(C)C)cc4nc3-c3ccccc3)c2)c1. The van der Waals surface area contributed by atoms with Crippen molar-refractivity contribution in [1.82, 2.24) is 19.9 Å². The fourth-order valence-corrected chi connectivity index (χ4v) is 9.02. The second kappa shape index (κ2) is 17.8. The van der Waals surface area contributed by atoms with Gasteiger partial charge in [-0.15, -0.1) is 0 Å². The summed E-state index contributed by atoms with van der Waals surface area (Å²) in [5, 5.41) is 0. The highest BCUT2D eigenvalue weighted by Gasteiger charge is 2.29. The molecule has 0 N–H and O–H groups in total. The van der Waals surface area contributed by atoms with E-state index in [9.17, 15) is 0 Å². The number of hydrogen-bond donors (Lipinski definition) is 0. The van der Waals surface area contributed by atoms with Gasteiger partial charge in [-0.3, -0.25) is 0 Å². The fraction of sp³-hybridized carbons (Fsp3) is 0.207. The van der Waals surface area contributed by atoms with Gasteiger partial charge in [0.1, 0.15) is 0 Å². The van der Waals surface area contributed by atoms with E-state index in [1.54, 1.807) is 0 Å². The van der Waals surface area contributed by atoms with Gasteiger partial charge >= 0.3 is 0 Å². The Balaban J connectivity index is 1.33. The minimum absolute atomic E-state index is 0.00501. The lowest BCUT2D eigenvalue weighted by Gasteiger charge is -2.37. The first-order valence-corrected chi connectivity index (χ1v) is 22.4. The summed E-state index contributed by atoms with van der Waals surface area (Å²) in [4.78, 5) is 24.3. The summed E-state index contributed by atoms with van der Waals surface area (Å²) in [6.45, 7) is 13.4. The van der Waals surface area contributed by atoms with Gasteiger partial charge < -0.3 is 4.90 Å². The van der Waals surface area contributed by atoms with Gasteiger partial charge in [0.25, 0.3) is 0 Å². The van der Waals surface area contributed by atoms with Gasteiger partial charge in [-0.2, -0.15) is 0 Å². The van der Waals surface area contributed by atoms with Crippen molar-refractivity contribution in [2.75, 3.05) is 11.9 Å². The molecule has 0 spiro atoms. The van der Waals surface area contributed by atoms with Crippen LogP contribution in [0.2, 0.25) is 0 Å². The topological polar surface area (TPSA) is 54.8 Å². The summed E-state index contributed by atoms with van der Waals surface area (Å²) in [6, 6.07) is 58.7. The van der Waals surface area contributed by atoms with Crippen LogP contribution in [0.5, 0.6) is 0 Å². The van der Waals surface area contributed by atoms with Gasteiger partial charge in [-0.25, -0.2) is 19.9 Å². The zero-order chi connectivity index (χ0) is 43.6. The summed E-state index contributed by atoms with van der Waals surface area (Å²) < 4.78 is 0. The Morgan fingerprint density at radius 3 is 1.46 bits per heavy atom. The number of fused-ring (bicyclic) bond motifs is 2. The van der Waals surface area contributed by atoms with E-state index in [2.05, 4.69) is 217 Å². The van der Waals surface area contributed by atoms with E-state index in [0.717, 1.165) is 79.9 Å². The molecule has 0 saturated heterocycles. The molecule has 0 radical (unpaired) electrons. The molecule has 0 aliphatic carbocycles. The maximum atomic E-state index is 5.51. The first-order chi connectivity index (χ1) is 30.7. The molecule has 2 atom stereocenters. The molecule has 63 heavy (non-hydrogen) atoms. The van der Waals surface area contributed by atoms with Crippen molar-refractivity contribution in [3.05, 3.63) is 197 Å². The number of hydrogen-bond acceptors (Lipinski definition) is 5. The van der Waals surface area contributed by atoms with Crippen molar-refractivity contribution in [3.63, 3.8) is 0 Å². The molecular formula is C58H55N5. The number of anilines is 1. The van der Waals surface area contributed by atoms with Crippen LogP contribution < -0.4 is 4.90 Å². The van der Waals surface area contributed by atoms with Crippen molar-refractivity contribution >= 4 is 27.8 Å². The van der Waals surface area contributed by atoms with Crippen molar-refractivity contribution in [1.29, 1.82) is 0 Å². The lowest BCUT2D eigenvalue weighted by atomic mass is 9.84. The van der Waals surface area contributed by atoms with E-state index in [0.29, 0.717) is 5.92 Å². The molecule has 2 unspecified atom stereocenters. The summed E-state index contributed by atoms with van der Waals surface area (Å²) in [5.74, 6) is 0.389. The van der Waals surface area contributed by atoms with Gasteiger partial charge in [-0.05, 0) is 108 Å². The lowest BCUT2D eigenvalue weighted by molar-refractivity contribution is 0.564. The van der Waals surface area contributed by atoms with Gasteiger partial charge in [-0.1, -0.05) is 150 Å². The molecular weight excluding hydrogens is 767 g/mol. The van der Waals surface area contributed by atoms with Crippen LogP contribution in [0, 0.1) is 6.92 Å². The van der Waals surface area contributed by atoms with Crippen LogP contribution in [-0.2, 0) is 12.8 Å². The molecule has 5 heteroatoms. The first kappa shape index (κ1) is 41.4. The molecule has 7 aromatic carbocycles. The van der Waals surface area contributed by atoms with E-state index < -0.39 is 0 Å². The lowest BCUT2D eigenvalue weighted by Crippen LogP contribution is -2.29. The van der Waals surface area contributed by atoms with Crippen molar-refractivity contribution in [2.45, 2.75) is 72.3 Å². The van der Waals surface area contributed by atoms with E-state index in [-0.39, 0.29) is 12.0 Å². The van der Waals surface area contributed by atoms with Crippen LogP contribution in [0.15, 0.2) is 164 Å². The Hall–Kier alpha value is -6.98. The van der Waals surface area contributed by atoms with Crippen molar-refractivity contribution < 1.29 is 0 Å². The minimum Gasteiger partial charge on any atom is -0.367 e.